The predicted molar refractivity (Wildman–Crippen MR) is 119 cm³/mol. The van der Waals surface area contributed by atoms with Crippen molar-refractivity contribution in [2.75, 3.05) is 0 Å². The molecule has 0 atom stereocenters. The zero-order valence-electron chi connectivity index (χ0n) is 17.7. The summed E-state index contributed by atoms with van der Waals surface area (Å²) in [5, 5.41) is 4.06. The summed E-state index contributed by atoms with van der Waals surface area (Å²) in [5.41, 5.74) is 12.0. The van der Waals surface area contributed by atoms with Gasteiger partial charge in [0.2, 0.25) is 5.82 Å². The van der Waals surface area contributed by atoms with Gasteiger partial charge in [-0.1, -0.05) is 80.0 Å². The first-order valence-corrected chi connectivity index (χ1v) is 9.71. The summed E-state index contributed by atoms with van der Waals surface area (Å²) in [6, 6.07) is 16.5. The van der Waals surface area contributed by atoms with Gasteiger partial charge < -0.3 is 10.3 Å². The number of hydrogen-bond donors (Lipinski definition) is 1. The summed E-state index contributed by atoms with van der Waals surface area (Å²) in [6.07, 6.45) is 1.76. The smallest absolute Gasteiger partial charge is 0.274 e. The summed E-state index contributed by atoms with van der Waals surface area (Å²) < 4.78 is 5.35. The van der Waals surface area contributed by atoms with Crippen LogP contribution in [-0.4, -0.2) is 15.9 Å². The van der Waals surface area contributed by atoms with E-state index < -0.39 is 0 Å². The van der Waals surface area contributed by atoms with Crippen LogP contribution in [0.2, 0.25) is 0 Å². The van der Waals surface area contributed by atoms with Crippen molar-refractivity contribution in [2.24, 2.45) is 10.7 Å². The van der Waals surface area contributed by atoms with Crippen molar-refractivity contribution in [3.63, 3.8) is 0 Å². The highest BCUT2D eigenvalue weighted by molar-refractivity contribution is 5.98. The Morgan fingerprint density at radius 2 is 1.72 bits per heavy atom. The summed E-state index contributed by atoms with van der Waals surface area (Å²) in [4.78, 5) is 8.98. The number of aliphatic imine (C=N–C) groups is 1. The highest BCUT2D eigenvalue weighted by Gasteiger charge is 2.15. The van der Waals surface area contributed by atoms with Crippen LogP contribution < -0.4 is 5.73 Å². The Labute approximate surface area is 172 Å². The number of nitrogens with two attached hydrogens (primary N) is 1. The van der Waals surface area contributed by atoms with E-state index in [1.165, 1.54) is 11.1 Å². The van der Waals surface area contributed by atoms with Gasteiger partial charge in [0.15, 0.2) is 0 Å². The van der Waals surface area contributed by atoms with Crippen molar-refractivity contribution in [3.05, 3.63) is 77.2 Å². The zero-order chi connectivity index (χ0) is 21.0. The maximum absolute atomic E-state index is 6.14. The molecule has 0 bridgehead atoms. The summed E-state index contributed by atoms with van der Waals surface area (Å²) >= 11 is 0. The highest BCUT2D eigenvalue weighted by Crippen LogP contribution is 2.25. The Bertz CT molecular complexity index is 1020. The van der Waals surface area contributed by atoms with Gasteiger partial charge in [0.25, 0.3) is 5.89 Å². The van der Waals surface area contributed by atoms with Crippen LogP contribution in [0.1, 0.15) is 50.3 Å². The van der Waals surface area contributed by atoms with Gasteiger partial charge in [-0.05, 0) is 36.5 Å². The van der Waals surface area contributed by atoms with Crippen LogP contribution in [-0.2, 0) is 12.0 Å². The third-order valence-electron chi connectivity index (χ3n) is 4.68. The summed E-state index contributed by atoms with van der Waals surface area (Å²) in [5.74, 6) is 0.816. The number of aryl methyl sites for hydroxylation is 1. The molecule has 1 heterocycles. The Kier molecular flexibility index (Phi) is 5.97. The topological polar surface area (TPSA) is 77.3 Å². The molecule has 2 N–H and O–H groups in total. The van der Waals surface area contributed by atoms with Gasteiger partial charge in [-0.3, -0.25) is 4.99 Å². The monoisotopic (exact) mass is 388 g/mol. The second-order valence-corrected chi connectivity index (χ2v) is 8.29. The van der Waals surface area contributed by atoms with E-state index in [2.05, 4.69) is 79.2 Å². The number of hydrogen-bond acceptors (Lipinski definition) is 5. The third kappa shape index (κ3) is 5.41. The van der Waals surface area contributed by atoms with Gasteiger partial charge >= 0.3 is 0 Å². The fourth-order valence-corrected chi connectivity index (χ4v) is 2.82. The molecule has 5 nitrogen and oxygen atoms in total. The lowest BCUT2D eigenvalue weighted by atomic mass is 9.87. The van der Waals surface area contributed by atoms with E-state index in [1.54, 1.807) is 6.08 Å². The second kappa shape index (κ2) is 8.43. The number of allylic oxidation sites excluding steroid dienone is 1. The molecule has 0 amide bonds. The Hall–Kier alpha value is -3.21. The fraction of sp³-hybridized carbons (Fsp3) is 0.292. The van der Waals surface area contributed by atoms with E-state index in [0.29, 0.717) is 24.0 Å². The first kappa shape index (κ1) is 20.5. The predicted octanol–water partition coefficient (Wildman–Crippen LogP) is 5.30. The van der Waals surface area contributed by atoms with Gasteiger partial charge in [0.1, 0.15) is 0 Å². The van der Waals surface area contributed by atoms with Crippen molar-refractivity contribution in [1.29, 1.82) is 0 Å². The molecular weight excluding hydrogens is 360 g/mol. The molecule has 0 saturated carbocycles. The quantitative estimate of drug-likeness (QED) is 0.601. The molecule has 0 saturated heterocycles. The van der Waals surface area contributed by atoms with Crippen LogP contribution in [0.4, 0.5) is 0 Å². The molecule has 0 fully saturated rings. The van der Waals surface area contributed by atoms with Gasteiger partial charge in [-0.2, -0.15) is 4.98 Å². The molecule has 150 valence electrons. The highest BCUT2D eigenvalue weighted by atomic mass is 16.5. The summed E-state index contributed by atoms with van der Waals surface area (Å²) in [6.45, 7) is 11.1. The van der Waals surface area contributed by atoms with E-state index in [0.717, 1.165) is 16.8 Å². The van der Waals surface area contributed by atoms with Crippen LogP contribution >= 0.6 is 0 Å². The molecule has 5 heteroatoms. The van der Waals surface area contributed by atoms with Gasteiger partial charge in [-0.25, -0.2) is 0 Å². The molecule has 0 aliphatic heterocycles. The first-order valence-electron chi connectivity index (χ1n) is 9.71. The van der Waals surface area contributed by atoms with E-state index in [4.69, 9.17) is 10.3 Å². The van der Waals surface area contributed by atoms with Gasteiger partial charge in [0, 0.05) is 11.3 Å². The van der Waals surface area contributed by atoms with Crippen molar-refractivity contribution >= 4 is 11.4 Å². The van der Waals surface area contributed by atoms with Crippen LogP contribution in [0, 0.1) is 6.92 Å². The van der Waals surface area contributed by atoms with Crippen molar-refractivity contribution in [1.82, 2.24) is 10.1 Å². The van der Waals surface area contributed by atoms with Crippen molar-refractivity contribution in [3.8, 4) is 11.4 Å². The average Bonchev–Trinajstić information content (AvgIpc) is 3.17. The molecule has 0 unspecified atom stereocenters. The molecule has 0 radical (unpaired) electrons. The third-order valence-corrected chi connectivity index (χ3v) is 4.68. The lowest BCUT2D eigenvalue weighted by molar-refractivity contribution is 0.408. The minimum absolute atomic E-state index is 0.101. The largest absolute Gasteiger partial charge is 0.394 e. The number of aromatic nitrogens is 2. The second-order valence-electron chi connectivity index (χ2n) is 8.29. The standard InChI is InChI=1S/C24H28N4O/c1-16-6-8-18(9-7-16)15-26-17(2)14-21(25)23-27-22(28-29-23)19-10-12-20(13-11-19)24(3,4)5/h6-14H,15,25H2,1-5H3/b21-14-,26-17?. The van der Waals surface area contributed by atoms with Crippen LogP contribution in [0.15, 0.2) is 64.1 Å². The van der Waals surface area contributed by atoms with Crippen molar-refractivity contribution < 1.29 is 4.52 Å². The molecule has 0 aliphatic carbocycles. The molecule has 1 aromatic heterocycles. The molecular formula is C24H28N4O. The fourth-order valence-electron chi connectivity index (χ4n) is 2.82. The van der Waals surface area contributed by atoms with E-state index in [9.17, 15) is 0 Å². The maximum Gasteiger partial charge on any atom is 0.274 e. The maximum atomic E-state index is 6.14. The molecule has 0 aliphatic rings. The molecule has 0 spiro atoms. The van der Waals surface area contributed by atoms with Gasteiger partial charge in [-0.15, -0.1) is 0 Å². The first-order chi connectivity index (χ1) is 13.7. The SMILES string of the molecule is CC(/C=C(\N)c1nc(-c2ccc(C(C)(C)C)cc2)no1)=NCc1ccc(C)cc1. The number of nitrogens with zero attached hydrogens (tertiary/aromatic N) is 3. The zero-order valence-corrected chi connectivity index (χ0v) is 17.7. The van der Waals surface area contributed by atoms with E-state index in [1.807, 2.05) is 19.1 Å². The van der Waals surface area contributed by atoms with Crippen LogP contribution in [0.5, 0.6) is 0 Å². The average molecular weight is 389 g/mol. The molecule has 2 aromatic carbocycles. The number of rotatable bonds is 5. The van der Waals surface area contributed by atoms with E-state index >= 15 is 0 Å². The van der Waals surface area contributed by atoms with Crippen LogP contribution in [0.3, 0.4) is 0 Å². The minimum Gasteiger partial charge on any atom is -0.394 e. The van der Waals surface area contributed by atoms with Gasteiger partial charge in [0.05, 0.1) is 12.2 Å². The lowest BCUT2D eigenvalue weighted by Crippen LogP contribution is -2.10. The molecule has 3 rings (SSSR count). The lowest BCUT2D eigenvalue weighted by Gasteiger charge is -2.18. The Morgan fingerprint density at radius 1 is 1.07 bits per heavy atom. The summed E-state index contributed by atoms with van der Waals surface area (Å²) in [7, 11) is 0. The molecule has 3 aromatic rings. The number of benzene rings is 2. The Balaban J connectivity index is 1.71. The van der Waals surface area contributed by atoms with Crippen LogP contribution in [0.25, 0.3) is 17.1 Å². The Morgan fingerprint density at radius 3 is 2.34 bits per heavy atom. The minimum atomic E-state index is 0.101. The normalized spacial score (nSPS) is 13.0. The van der Waals surface area contributed by atoms with Crippen molar-refractivity contribution in [2.45, 2.75) is 46.6 Å². The molecule has 29 heavy (non-hydrogen) atoms. The van der Waals surface area contributed by atoms with E-state index in [-0.39, 0.29) is 5.41 Å².